The van der Waals surface area contributed by atoms with Gasteiger partial charge in [0.15, 0.2) is 0 Å². The van der Waals surface area contributed by atoms with E-state index < -0.39 is 5.97 Å². The molecule has 32 heavy (non-hydrogen) atoms. The lowest BCUT2D eigenvalue weighted by Crippen LogP contribution is -2.35. The number of fused-ring (bicyclic) bond motifs is 1. The number of nitrogens with one attached hydrogen (secondary N) is 1. The van der Waals surface area contributed by atoms with Crippen LogP contribution < -0.4 is 5.32 Å². The van der Waals surface area contributed by atoms with Crippen LogP contribution in [-0.4, -0.2) is 54.8 Å². The van der Waals surface area contributed by atoms with E-state index in [1.165, 1.54) is 11.3 Å². The summed E-state index contributed by atoms with van der Waals surface area (Å²) in [4.78, 5) is 27.6. The van der Waals surface area contributed by atoms with Crippen LogP contribution in [0, 0.1) is 0 Å². The normalized spacial score (nSPS) is 14.0. The molecule has 2 aromatic carbocycles. The molecule has 1 fully saturated rings. The summed E-state index contributed by atoms with van der Waals surface area (Å²) in [5.74, 6) is -0.733. The SMILES string of the molecule is CCOC(=O)c1c(NC(=O)c2ccccc2)sc2c(O)c(CN3CCOCC3)ccc12.Cl. The van der Waals surface area contributed by atoms with Crippen molar-refractivity contribution in [2.75, 3.05) is 38.2 Å². The number of hydrogen-bond acceptors (Lipinski definition) is 7. The monoisotopic (exact) mass is 476 g/mol. The molecule has 0 bridgehead atoms. The van der Waals surface area contributed by atoms with Crippen molar-refractivity contribution in [2.24, 2.45) is 0 Å². The average molecular weight is 477 g/mol. The number of carbonyl (C=O) groups excluding carboxylic acids is 2. The number of rotatable bonds is 6. The Morgan fingerprint density at radius 2 is 1.88 bits per heavy atom. The van der Waals surface area contributed by atoms with Crippen LogP contribution in [-0.2, 0) is 16.0 Å². The summed E-state index contributed by atoms with van der Waals surface area (Å²) in [6.45, 7) is 5.47. The maximum atomic E-state index is 12.7. The summed E-state index contributed by atoms with van der Waals surface area (Å²) >= 11 is 1.18. The van der Waals surface area contributed by atoms with Crippen molar-refractivity contribution < 1.29 is 24.2 Å². The smallest absolute Gasteiger partial charge is 0.341 e. The highest BCUT2D eigenvalue weighted by atomic mass is 35.5. The van der Waals surface area contributed by atoms with Crippen LogP contribution >= 0.6 is 23.7 Å². The molecule has 1 aliphatic rings. The molecule has 1 aromatic heterocycles. The third-order valence-corrected chi connectivity index (χ3v) is 6.28. The summed E-state index contributed by atoms with van der Waals surface area (Å²) in [5, 5.41) is 14.7. The number of amides is 1. The number of hydrogen-bond donors (Lipinski definition) is 2. The molecule has 9 heteroatoms. The highest BCUT2D eigenvalue weighted by Crippen LogP contribution is 2.43. The Balaban J connectivity index is 0.00000289. The second-order valence-electron chi connectivity index (χ2n) is 7.19. The average Bonchev–Trinajstić information content (AvgIpc) is 3.16. The zero-order valence-electron chi connectivity index (χ0n) is 17.6. The lowest BCUT2D eigenvalue weighted by Gasteiger charge is -2.26. The summed E-state index contributed by atoms with van der Waals surface area (Å²) in [7, 11) is 0. The number of esters is 1. The molecule has 170 valence electrons. The van der Waals surface area contributed by atoms with Crippen molar-refractivity contribution >= 4 is 50.7 Å². The van der Waals surface area contributed by atoms with Gasteiger partial charge in [-0.1, -0.05) is 30.3 Å². The van der Waals surface area contributed by atoms with Crippen LogP contribution in [0.3, 0.4) is 0 Å². The van der Waals surface area contributed by atoms with E-state index in [-0.39, 0.29) is 36.2 Å². The van der Waals surface area contributed by atoms with Gasteiger partial charge in [0.1, 0.15) is 16.3 Å². The molecular formula is C23H25ClN2O5S. The van der Waals surface area contributed by atoms with Crippen molar-refractivity contribution in [3.8, 4) is 5.75 Å². The minimum Gasteiger partial charge on any atom is -0.506 e. The second kappa shape index (κ2) is 10.8. The Bertz CT molecular complexity index is 1100. The zero-order valence-corrected chi connectivity index (χ0v) is 19.3. The van der Waals surface area contributed by atoms with Gasteiger partial charge in [-0.2, -0.15) is 0 Å². The molecule has 2 N–H and O–H groups in total. The molecule has 0 aliphatic carbocycles. The van der Waals surface area contributed by atoms with Gasteiger partial charge in [-0.25, -0.2) is 4.79 Å². The first-order valence-corrected chi connectivity index (χ1v) is 11.0. The van der Waals surface area contributed by atoms with Gasteiger partial charge in [0.25, 0.3) is 5.91 Å². The van der Waals surface area contributed by atoms with Gasteiger partial charge >= 0.3 is 5.97 Å². The standard InChI is InChI=1S/C23H24N2O5S.ClH/c1-2-30-23(28)18-17-9-8-16(14-25-10-12-29-13-11-25)19(26)20(17)31-22(18)24-21(27)15-6-4-3-5-7-15;/h3-9,26H,2,10-14H2,1H3,(H,24,27);1H. The molecule has 1 aliphatic heterocycles. The van der Waals surface area contributed by atoms with E-state index in [9.17, 15) is 14.7 Å². The maximum Gasteiger partial charge on any atom is 0.341 e. The third kappa shape index (κ3) is 5.05. The van der Waals surface area contributed by atoms with Crippen molar-refractivity contribution in [2.45, 2.75) is 13.5 Å². The molecule has 0 spiro atoms. The van der Waals surface area contributed by atoms with Crippen molar-refractivity contribution in [3.63, 3.8) is 0 Å². The van der Waals surface area contributed by atoms with E-state index in [1.807, 2.05) is 18.2 Å². The van der Waals surface area contributed by atoms with E-state index in [0.717, 1.165) is 18.7 Å². The number of benzene rings is 2. The minimum absolute atomic E-state index is 0. The summed E-state index contributed by atoms with van der Waals surface area (Å²) in [6.07, 6.45) is 0. The van der Waals surface area contributed by atoms with Gasteiger partial charge in [0.05, 0.1) is 24.5 Å². The van der Waals surface area contributed by atoms with E-state index in [0.29, 0.717) is 40.4 Å². The van der Waals surface area contributed by atoms with Crippen LogP contribution in [0.1, 0.15) is 33.2 Å². The number of ether oxygens (including phenoxy) is 2. The predicted octanol–water partition coefficient (Wildman–Crippen LogP) is 4.29. The van der Waals surface area contributed by atoms with Crippen molar-refractivity contribution in [1.29, 1.82) is 0 Å². The minimum atomic E-state index is -0.530. The molecular weight excluding hydrogens is 452 g/mol. The fourth-order valence-electron chi connectivity index (χ4n) is 3.57. The van der Waals surface area contributed by atoms with Crippen LogP contribution in [0.15, 0.2) is 42.5 Å². The topological polar surface area (TPSA) is 88.1 Å². The number of morpholine rings is 1. The number of phenols is 1. The van der Waals surface area contributed by atoms with Crippen LogP contribution in [0.4, 0.5) is 5.00 Å². The molecule has 4 rings (SSSR count). The molecule has 0 unspecified atom stereocenters. The largest absolute Gasteiger partial charge is 0.506 e. The Morgan fingerprint density at radius 1 is 1.16 bits per heavy atom. The highest BCUT2D eigenvalue weighted by molar-refractivity contribution is 7.24. The Hall–Kier alpha value is -2.65. The molecule has 1 amide bonds. The highest BCUT2D eigenvalue weighted by Gasteiger charge is 2.25. The van der Waals surface area contributed by atoms with Crippen LogP contribution in [0.2, 0.25) is 0 Å². The molecule has 0 saturated carbocycles. The summed E-state index contributed by atoms with van der Waals surface area (Å²) < 4.78 is 11.2. The van der Waals surface area contributed by atoms with E-state index in [2.05, 4.69) is 10.2 Å². The number of thiophene rings is 1. The van der Waals surface area contributed by atoms with E-state index in [4.69, 9.17) is 9.47 Å². The fraction of sp³-hybridized carbons (Fsp3) is 0.304. The number of nitrogens with zero attached hydrogens (tertiary/aromatic N) is 1. The van der Waals surface area contributed by atoms with Crippen molar-refractivity contribution in [3.05, 3.63) is 59.2 Å². The number of anilines is 1. The predicted molar refractivity (Wildman–Crippen MR) is 127 cm³/mol. The summed E-state index contributed by atoms with van der Waals surface area (Å²) in [5.41, 5.74) is 1.51. The van der Waals surface area contributed by atoms with Gasteiger partial charge in [-0.05, 0) is 19.1 Å². The summed E-state index contributed by atoms with van der Waals surface area (Å²) in [6, 6.07) is 12.4. The van der Waals surface area contributed by atoms with Crippen LogP contribution in [0.5, 0.6) is 5.75 Å². The van der Waals surface area contributed by atoms with Gasteiger partial charge in [-0.3, -0.25) is 9.69 Å². The van der Waals surface area contributed by atoms with Gasteiger partial charge in [-0.15, -0.1) is 23.7 Å². The molecule has 3 aromatic rings. The van der Waals surface area contributed by atoms with Gasteiger partial charge in [0.2, 0.25) is 0 Å². The molecule has 0 radical (unpaired) electrons. The van der Waals surface area contributed by atoms with E-state index in [1.54, 1.807) is 31.2 Å². The van der Waals surface area contributed by atoms with E-state index >= 15 is 0 Å². The number of phenolic OH excluding ortho intramolecular Hbond substituents is 1. The Labute approximate surface area is 196 Å². The van der Waals surface area contributed by atoms with Crippen molar-refractivity contribution in [1.82, 2.24) is 4.90 Å². The van der Waals surface area contributed by atoms with Gasteiger partial charge < -0.3 is 19.9 Å². The van der Waals surface area contributed by atoms with Crippen LogP contribution in [0.25, 0.3) is 10.1 Å². The maximum absolute atomic E-state index is 12.7. The molecule has 0 atom stereocenters. The van der Waals surface area contributed by atoms with Gasteiger partial charge in [0, 0.05) is 36.1 Å². The fourth-order valence-corrected chi connectivity index (χ4v) is 4.73. The second-order valence-corrected chi connectivity index (χ2v) is 8.21. The first-order chi connectivity index (χ1) is 15.1. The Kier molecular flexibility index (Phi) is 8.09. The number of halogens is 1. The first kappa shape index (κ1) is 24.0. The number of aromatic hydroxyl groups is 1. The Morgan fingerprint density at radius 3 is 2.56 bits per heavy atom. The molecule has 2 heterocycles. The lowest BCUT2D eigenvalue weighted by atomic mass is 10.1. The zero-order chi connectivity index (χ0) is 21.8. The quantitative estimate of drug-likeness (QED) is 0.516. The first-order valence-electron chi connectivity index (χ1n) is 10.2. The molecule has 7 nitrogen and oxygen atoms in total. The molecule has 1 saturated heterocycles. The third-order valence-electron chi connectivity index (χ3n) is 5.16. The lowest BCUT2D eigenvalue weighted by molar-refractivity contribution is 0.0339. The number of carbonyl (C=O) groups is 2.